The van der Waals surface area contributed by atoms with Crippen LogP contribution in [0.3, 0.4) is 0 Å². The highest BCUT2D eigenvalue weighted by molar-refractivity contribution is 6.07. The van der Waals surface area contributed by atoms with Gasteiger partial charge in [0.05, 0.1) is 12.8 Å². The molecule has 1 heterocycles. The highest BCUT2D eigenvalue weighted by atomic mass is 16.5. The number of rotatable bonds is 5. The van der Waals surface area contributed by atoms with Crippen LogP contribution in [0.1, 0.15) is 16.7 Å². The number of methoxy groups -OCH3 is 1. The van der Waals surface area contributed by atoms with Crippen LogP contribution in [-0.4, -0.2) is 44.1 Å². The topological polar surface area (TPSA) is 68.6 Å². The lowest BCUT2D eigenvalue weighted by Crippen LogP contribution is -2.44. The number of aryl methyl sites for hydroxylation is 3. The highest BCUT2D eigenvalue weighted by Gasteiger charge is 2.20. The van der Waals surface area contributed by atoms with Gasteiger partial charge >= 0.3 is 0 Å². The summed E-state index contributed by atoms with van der Waals surface area (Å²) in [6, 6.07) is 14.1. The molecular formula is C24H28N4O2. The second-order valence-corrected chi connectivity index (χ2v) is 7.58. The fraction of sp³-hybridized carbons (Fsp3) is 0.333. The van der Waals surface area contributed by atoms with Crippen LogP contribution in [0, 0.1) is 32.1 Å². The molecule has 0 unspecified atom stereocenters. The van der Waals surface area contributed by atoms with E-state index in [4.69, 9.17) is 4.74 Å². The van der Waals surface area contributed by atoms with Gasteiger partial charge in [0.15, 0.2) is 0 Å². The van der Waals surface area contributed by atoms with Crippen LogP contribution >= 0.6 is 0 Å². The summed E-state index contributed by atoms with van der Waals surface area (Å²) in [5, 5.41) is 12.5. The Bertz CT molecular complexity index is 976. The van der Waals surface area contributed by atoms with Crippen molar-refractivity contribution in [2.75, 3.05) is 43.5 Å². The largest absolute Gasteiger partial charge is 0.495 e. The van der Waals surface area contributed by atoms with Crippen LogP contribution < -0.4 is 15.0 Å². The van der Waals surface area contributed by atoms with E-state index in [9.17, 15) is 10.1 Å². The normalized spacial score (nSPS) is 14.3. The molecule has 3 rings (SSSR count). The number of hydrogen-bond acceptors (Lipinski definition) is 5. The van der Waals surface area contributed by atoms with Crippen LogP contribution in [0.25, 0.3) is 0 Å². The van der Waals surface area contributed by atoms with Gasteiger partial charge in [0.2, 0.25) is 0 Å². The Labute approximate surface area is 178 Å². The van der Waals surface area contributed by atoms with E-state index >= 15 is 0 Å². The number of anilines is 2. The van der Waals surface area contributed by atoms with Gasteiger partial charge in [-0.05, 0) is 44.0 Å². The maximum Gasteiger partial charge on any atom is 0.267 e. The van der Waals surface area contributed by atoms with E-state index in [1.165, 1.54) is 0 Å². The molecule has 1 N–H and O–H groups in total. The Morgan fingerprint density at radius 1 is 1.10 bits per heavy atom. The lowest BCUT2D eigenvalue weighted by molar-refractivity contribution is -0.112. The number of carbonyl (C=O) groups excluding carboxylic acids is 1. The third kappa shape index (κ3) is 4.74. The van der Waals surface area contributed by atoms with E-state index in [1.807, 2.05) is 62.1 Å². The van der Waals surface area contributed by atoms with Crippen LogP contribution in [0.2, 0.25) is 0 Å². The molecule has 0 atom stereocenters. The minimum atomic E-state index is -0.375. The lowest BCUT2D eigenvalue weighted by Gasteiger charge is -2.36. The first kappa shape index (κ1) is 21.3. The van der Waals surface area contributed by atoms with Gasteiger partial charge in [0.1, 0.15) is 17.4 Å². The van der Waals surface area contributed by atoms with Gasteiger partial charge in [0, 0.05) is 38.1 Å². The second kappa shape index (κ2) is 9.36. The number of piperazine rings is 1. The van der Waals surface area contributed by atoms with Gasteiger partial charge in [-0.3, -0.25) is 4.79 Å². The molecule has 0 aromatic heterocycles. The Morgan fingerprint density at radius 3 is 2.33 bits per heavy atom. The van der Waals surface area contributed by atoms with E-state index in [1.54, 1.807) is 13.3 Å². The summed E-state index contributed by atoms with van der Waals surface area (Å²) in [6.07, 6.45) is 1.67. The van der Waals surface area contributed by atoms with Crippen molar-refractivity contribution in [1.82, 2.24) is 4.90 Å². The first-order chi connectivity index (χ1) is 14.4. The van der Waals surface area contributed by atoms with Gasteiger partial charge in [0.25, 0.3) is 5.91 Å². The molecule has 0 bridgehead atoms. The lowest BCUT2D eigenvalue weighted by atomic mass is 10.0. The maximum absolute atomic E-state index is 12.7. The zero-order chi connectivity index (χ0) is 21.7. The van der Waals surface area contributed by atoms with Gasteiger partial charge in [-0.15, -0.1) is 0 Å². The van der Waals surface area contributed by atoms with Gasteiger partial charge in [-0.25, -0.2) is 0 Å². The molecule has 6 heteroatoms. The minimum absolute atomic E-state index is 0.111. The molecule has 0 saturated carbocycles. The summed E-state index contributed by atoms with van der Waals surface area (Å²) in [5.41, 5.74) is 5.07. The standard InChI is InChI=1S/C24H28N4O2/c1-17-13-18(2)23(19(3)14-17)26-24(29)20(15-25)16-27-9-11-28(12-10-27)21-7-5-6-8-22(21)30-4/h5-8,13-14,16H,9-12H2,1-4H3,(H,26,29)/b20-16-. The van der Waals surface area contributed by atoms with Crippen molar-refractivity contribution in [3.05, 3.63) is 64.9 Å². The summed E-state index contributed by atoms with van der Waals surface area (Å²) >= 11 is 0. The van der Waals surface area contributed by atoms with E-state index in [2.05, 4.69) is 16.3 Å². The van der Waals surface area contributed by atoms with Crippen LogP contribution in [-0.2, 0) is 4.79 Å². The molecular weight excluding hydrogens is 376 g/mol. The van der Waals surface area contributed by atoms with E-state index < -0.39 is 0 Å². The van der Waals surface area contributed by atoms with Crippen LogP contribution in [0.15, 0.2) is 48.2 Å². The molecule has 0 spiro atoms. The number of amides is 1. The zero-order valence-corrected chi connectivity index (χ0v) is 18.0. The average molecular weight is 405 g/mol. The summed E-state index contributed by atoms with van der Waals surface area (Å²) in [7, 11) is 1.67. The molecule has 1 saturated heterocycles. The maximum atomic E-state index is 12.7. The monoisotopic (exact) mass is 404 g/mol. The number of nitrogens with one attached hydrogen (secondary N) is 1. The third-order valence-electron chi connectivity index (χ3n) is 5.33. The Kier molecular flexibility index (Phi) is 6.63. The third-order valence-corrected chi connectivity index (χ3v) is 5.33. The number of nitrogens with zero attached hydrogens (tertiary/aromatic N) is 3. The summed E-state index contributed by atoms with van der Waals surface area (Å²) in [6.45, 7) is 8.96. The molecule has 2 aromatic rings. The highest BCUT2D eigenvalue weighted by Crippen LogP contribution is 2.28. The molecule has 1 aliphatic heterocycles. The van der Waals surface area contributed by atoms with Gasteiger partial charge in [-0.2, -0.15) is 5.26 Å². The quantitative estimate of drug-likeness (QED) is 0.607. The van der Waals surface area contributed by atoms with Crippen molar-refractivity contribution >= 4 is 17.3 Å². The number of carbonyl (C=O) groups is 1. The number of benzene rings is 2. The predicted molar refractivity (Wildman–Crippen MR) is 120 cm³/mol. The molecule has 1 fully saturated rings. The van der Waals surface area contributed by atoms with E-state index in [0.717, 1.165) is 60.0 Å². The molecule has 1 amide bonds. The first-order valence-corrected chi connectivity index (χ1v) is 10.1. The molecule has 2 aromatic carbocycles. The Balaban J connectivity index is 1.67. The van der Waals surface area contributed by atoms with Crippen molar-refractivity contribution in [2.24, 2.45) is 0 Å². The molecule has 30 heavy (non-hydrogen) atoms. The van der Waals surface area contributed by atoms with E-state index in [-0.39, 0.29) is 11.5 Å². The summed E-state index contributed by atoms with van der Waals surface area (Å²) in [5.74, 6) is 0.474. The van der Waals surface area contributed by atoms with E-state index in [0.29, 0.717) is 0 Å². The number of para-hydroxylation sites is 2. The van der Waals surface area contributed by atoms with Crippen molar-refractivity contribution < 1.29 is 9.53 Å². The Hall–Kier alpha value is -3.46. The Morgan fingerprint density at radius 2 is 1.73 bits per heavy atom. The van der Waals surface area contributed by atoms with Crippen LogP contribution in [0.4, 0.5) is 11.4 Å². The number of ether oxygens (including phenoxy) is 1. The zero-order valence-electron chi connectivity index (χ0n) is 18.0. The predicted octanol–water partition coefficient (Wildman–Crippen LogP) is 3.79. The van der Waals surface area contributed by atoms with Gasteiger partial charge < -0.3 is 19.9 Å². The smallest absolute Gasteiger partial charge is 0.267 e. The number of nitriles is 1. The average Bonchev–Trinajstić information content (AvgIpc) is 2.74. The van der Waals surface area contributed by atoms with Crippen molar-refractivity contribution in [2.45, 2.75) is 20.8 Å². The van der Waals surface area contributed by atoms with Crippen molar-refractivity contribution in [3.8, 4) is 11.8 Å². The number of hydrogen-bond donors (Lipinski definition) is 1. The molecule has 6 nitrogen and oxygen atoms in total. The molecule has 156 valence electrons. The summed E-state index contributed by atoms with van der Waals surface area (Å²) < 4.78 is 5.46. The first-order valence-electron chi connectivity index (χ1n) is 10.1. The molecule has 0 radical (unpaired) electrons. The second-order valence-electron chi connectivity index (χ2n) is 7.58. The molecule has 0 aliphatic carbocycles. The SMILES string of the molecule is COc1ccccc1N1CCN(/C=C(/C#N)C(=O)Nc2c(C)cc(C)cc2C)CC1. The minimum Gasteiger partial charge on any atom is -0.495 e. The van der Waals surface area contributed by atoms with Crippen molar-refractivity contribution in [3.63, 3.8) is 0 Å². The van der Waals surface area contributed by atoms with Crippen LogP contribution in [0.5, 0.6) is 5.75 Å². The van der Waals surface area contributed by atoms with Crippen molar-refractivity contribution in [1.29, 1.82) is 5.26 Å². The molecule has 1 aliphatic rings. The fourth-order valence-corrected chi connectivity index (χ4v) is 3.86. The van der Waals surface area contributed by atoms with Gasteiger partial charge in [-0.1, -0.05) is 29.8 Å². The fourth-order valence-electron chi connectivity index (χ4n) is 3.86. The summed E-state index contributed by atoms with van der Waals surface area (Å²) in [4.78, 5) is 17.0.